The third-order valence-electron chi connectivity index (χ3n) is 2.32. The van der Waals surface area contributed by atoms with Crippen molar-refractivity contribution in [1.82, 2.24) is 14.9 Å². The maximum Gasteiger partial charge on any atom is 0.251 e. The summed E-state index contributed by atoms with van der Waals surface area (Å²) in [6.07, 6.45) is 2.78. The molecule has 1 radical (unpaired) electrons. The number of aliphatic hydroxyl groups excluding tert-OH is 1. The molecule has 0 fully saturated rings. The van der Waals surface area contributed by atoms with E-state index in [2.05, 4.69) is 16.6 Å². The Hall–Kier alpha value is -1.88. The van der Waals surface area contributed by atoms with E-state index in [1.165, 1.54) is 0 Å². The highest BCUT2D eigenvalue weighted by Gasteiger charge is 2.07. The predicted octanol–water partition coefficient (Wildman–Crippen LogP) is 0.0956. The van der Waals surface area contributed by atoms with Crippen LogP contribution in [0, 0.1) is 6.33 Å². The SMILES string of the molecule is Cn1[c]nc2ccc(C(=O)NCCO)cc21. The maximum absolute atomic E-state index is 11.6. The molecule has 1 aromatic heterocycles. The average molecular weight is 218 g/mol. The van der Waals surface area contributed by atoms with E-state index in [-0.39, 0.29) is 19.1 Å². The number of aryl methyl sites for hydroxylation is 1. The van der Waals surface area contributed by atoms with Gasteiger partial charge in [-0.2, -0.15) is 0 Å². The maximum atomic E-state index is 11.6. The molecule has 0 aliphatic carbocycles. The zero-order valence-electron chi connectivity index (χ0n) is 8.90. The summed E-state index contributed by atoms with van der Waals surface area (Å²) in [5.41, 5.74) is 2.22. The fourth-order valence-corrected chi connectivity index (χ4v) is 1.48. The minimum atomic E-state index is -0.197. The number of nitrogens with one attached hydrogen (secondary N) is 1. The molecule has 0 saturated carbocycles. The first-order valence-electron chi connectivity index (χ1n) is 4.95. The summed E-state index contributed by atoms with van der Waals surface area (Å²) in [7, 11) is 1.82. The Balaban J connectivity index is 2.31. The summed E-state index contributed by atoms with van der Waals surface area (Å²) < 4.78 is 1.73. The lowest BCUT2D eigenvalue weighted by Crippen LogP contribution is -2.26. The molecule has 5 heteroatoms. The second-order valence-corrected chi connectivity index (χ2v) is 3.45. The Morgan fingerprint density at radius 2 is 2.44 bits per heavy atom. The molecule has 0 spiro atoms. The first-order chi connectivity index (χ1) is 7.72. The third-order valence-corrected chi connectivity index (χ3v) is 2.32. The van der Waals surface area contributed by atoms with Crippen molar-refractivity contribution in [2.45, 2.75) is 0 Å². The van der Waals surface area contributed by atoms with E-state index in [0.29, 0.717) is 5.56 Å². The Bertz CT molecular complexity index is 519. The van der Waals surface area contributed by atoms with E-state index in [1.807, 2.05) is 7.05 Å². The van der Waals surface area contributed by atoms with Gasteiger partial charge in [-0.25, -0.2) is 4.98 Å². The van der Waals surface area contributed by atoms with Gasteiger partial charge in [0.15, 0.2) is 6.33 Å². The normalized spacial score (nSPS) is 10.6. The van der Waals surface area contributed by atoms with Crippen molar-refractivity contribution in [3.63, 3.8) is 0 Å². The number of nitrogens with zero attached hydrogens (tertiary/aromatic N) is 2. The van der Waals surface area contributed by atoms with Crippen LogP contribution in [-0.2, 0) is 7.05 Å². The largest absolute Gasteiger partial charge is 0.395 e. The average Bonchev–Trinajstić information content (AvgIpc) is 2.67. The summed E-state index contributed by atoms with van der Waals surface area (Å²) in [5.74, 6) is -0.197. The minimum absolute atomic E-state index is 0.0620. The molecule has 1 aromatic carbocycles. The molecule has 83 valence electrons. The van der Waals surface area contributed by atoms with Crippen LogP contribution in [-0.4, -0.2) is 33.7 Å². The molecule has 0 atom stereocenters. The van der Waals surface area contributed by atoms with Crippen LogP contribution in [0.5, 0.6) is 0 Å². The van der Waals surface area contributed by atoms with Crippen LogP contribution >= 0.6 is 0 Å². The molecule has 16 heavy (non-hydrogen) atoms. The topological polar surface area (TPSA) is 67.2 Å². The Labute approximate surface area is 92.7 Å². The molecule has 0 saturated heterocycles. The van der Waals surface area contributed by atoms with Crippen LogP contribution in [0.1, 0.15) is 10.4 Å². The standard InChI is InChI=1S/C11H12N3O2/c1-14-7-13-9-3-2-8(6-10(9)14)11(16)12-4-5-15/h2-3,6,15H,4-5H2,1H3,(H,12,16). The number of hydrogen-bond acceptors (Lipinski definition) is 3. The number of hydrogen-bond donors (Lipinski definition) is 2. The van der Waals surface area contributed by atoms with Crippen LogP contribution in [0.25, 0.3) is 11.0 Å². The molecule has 0 unspecified atom stereocenters. The quantitative estimate of drug-likeness (QED) is 0.767. The van der Waals surface area contributed by atoms with Crippen LogP contribution in [0.4, 0.5) is 0 Å². The van der Waals surface area contributed by atoms with E-state index in [4.69, 9.17) is 5.11 Å². The van der Waals surface area contributed by atoms with Gasteiger partial charge >= 0.3 is 0 Å². The summed E-state index contributed by atoms with van der Waals surface area (Å²) in [5, 5.41) is 11.2. The Morgan fingerprint density at radius 1 is 1.62 bits per heavy atom. The molecule has 1 heterocycles. The molecular formula is C11H12N3O2. The van der Waals surface area contributed by atoms with Crippen LogP contribution < -0.4 is 5.32 Å². The summed E-state index contributed by atoms with van der Waals surface area (Å²) in [6.45, 7) is 0.196. The number of imidazole rings is 1. The second kappa shape index (κ2) is 4.32. The molecule has 0 aliphatic heterocycles. The van der Waals surface area contributed by atoms with E-state index in [0.717, 1.165) is 11.0 Å². The van der Waals surface area contributed by atoms with Crippen molar-refractivity contribution in [3.8, 4) is 0 Å². The van der Waals surface area contributed by atoms with E-state index in [9.17, 15) is 4.79 Å². The first kappa shape index (κ1) is 10.6. The number of carbonyl (C=O) groups excluding carboxylic acids is 1. The zero-order valence-corrected chi connectivity index (χ0v) is 8.90. The molecule has 2 aromatic rings. The molecule has 2 rings (SSSR count). The van der Waals surface area contributed by atoms with Gasteiger partial charge in [-0.05, 0) is 18.2 Å². The lowest BCUT2D eigenvalue weighted by atomic mass is 10.2. The van der Waals surface area contributed by atoms with Crippen LogP contribution in [0.2, 0.25) is 0 Å². The van der Waals surface area contributed by atoms with Crippen molar-refractivity contribution in [2.75, 3.05) is 13.2 Å². The van der Waals surface area contributed by atoms with Gasteiger partial charge in [0.05, 0.1) is 17.6 Å². The van der Waals surface area contributed by atoms with Gasteiger partial charge in [0.1, 0.15) is 0 Å². The minimum Gasteiger partial charge on any atom is -0.395 e. The van der Waals surface area contributed by atoms with E-state index < -0.39 is 0 Å². The molecule has 1 amide bonds. The van der Waals surface area contributed by atoms with Gasteiger partial charge in [-0.3, -0.25) is 4.79 Å². The molecular weight excluding hydrogens is 206 g/mol. The lowest BCUT2D eigenvalue weighted by Gasteiger charge is -2.03. The number of rotatable bonds is 3. The summed E-state index contributed by atoms with van der Waals surface area (Å²) in [6, 6.07) is 5.24. The number of carbonyl (C=O) groups is 1. The van der Waals surface area contributed by atoms with Crippen molar-refractivity contribution in [1.29, 1.82) is 0 Å². The lowest BCUT2D eigenvalue weighted by molar-refractivity contribution is 0.0945. The summed E-state index contributed by atoms with van der Waals surface area (Å²) in [4.78, 5) is 15.7. The first-order valence-corrected chi connectivity index (χ1v) is 4.95. The fourth-order valence-electron chi connectivity index (χ4n) is 1.48. The monoisotopic (exact) mass is 218 g/mol. The van der Waals surface area contributed by atoms with Gasteiger partial charge < -0.3 is 15.0 Å². The number of aliphatic hydroxyl groups is 1. The van der Waals surface area contributed by atoms with E-state index in [1.54, 1.807) is 22.8 Å². The van der Waals surface area contributed by atoms with Gasteiger partial charge in [0.2, 0.25) is 0 Å². The fraction of sp³-hybridized carbons (Fsp3) is 0.273. The third kappa shape index (κ3) is 1.90. The number of amides is 1. The number of benzene rings is 1. The molecule has 0 bridgehead atoms. The van der Waals surface area contributed by atoms with Crippen molar-refractivity contribution in [2.24, 2.45) is 7.05 Å². The second-order valence-electron chi connectivity index (χ2n) is 3.45. The molecule has 2 N–H and O–H groups in total. The zero-order chi connectivity index (χ0) is 11.5. The van der Waals surface area contributed by atoms with Gasteiger partial charge in [0.25, 0.3) is 5.91 Å². The van der Waals surface area contributed by atoms with Crippen LogP contribution in [0.3, 0.4) is 0 Å². The van der Waals surface area contributed by atoms with Crippen LogP contribution in [0.15, 0.2) is 18.2 Å². The van der Waals surface area contributed by atoms with Gasteiger partial charge in [0, 0.05) is 19.2 Å². The number of aromatic nitrogens is 2. The van der Waals surface area contributed by atoms with Gasteiger partial charge in [-0.1, -0.05) is 0 Å². The Kier molecular flexibility index (Phi) is 2.87. The summed E-state index contributed by atoms with van der Waals surface area (Å²) >= 11 is 0. The highest BCUT2D eigenvalue weighted by atomic mass is 16.3. The number of fused-ring (bicyclic) bond motifs is 1. The van der Waals surface area contributed by atoms with Crippen molar-refractivity contribution < 1.29 is 9.90 Å². The predicted molar refractivity (Wildman–Crippen MR) is 59.0 cm³/mol. The van der Waals surface area contributed by atoms with E-state index >= 15 is 0 Å². The van der Waals surface area contributed by atoms with Gasteiger partial charge in [-0.15, -0.1) is 0 Å². The smallest absolute Gasteiger partial charge is 0.251 e. The molecule has 0 aliphatic rings. The Morgan fingerprint density at radius 3 is 3.19 bits per heavy atom. The highest BCUT2D eigenvalue weighted by Crippen LogP contribution is 2.13. The highest BCUT2D eigenvalue weighted by molar-refractivity contribution is 5.97. The van der Waals surface area contributed by atoms with Crippen molar-refractivity contribution in [3.05, 3.63) is 30.1 Å². The van der Waals surface area contributed by atoms with Crippen molar-refractivity contribution >= 4 is 16.9 Å². The molecule has 5 nitrogen and oxygen atoms in total.